The maximum Gasteiger partial charge on any atom is 0.349 e. The zero-order chi connectivity index (χ0) is 31.7. The smallest absolute Gasteiger partial charge is 0.349 e. The van der Waals surface area contributed by atoms with Crippen molar-refractivity contribution in [3.63, 3.8) is 0 Å². The second kappa shape index (κ2) is 14.5. The minimum absolute atomic E-state index is 0.179. The summed E-state index contributed by atoms with van der Waals surface area (Å²) in [5, 5.41) is 15.5. The summed E-state index contributed by atoms with van der Waals surface area (Å²) < 4.78 is 17.7. The van der Waals surface area contributed by atoms with Gasteiger partial charge in [-0.1, -0.05) is 12.7 Å². The standard InChI is InChI=1S/C27H32N8O4.C2H4O2/c1-6-7-20(28)26(30-2)35-27(36)33-25(34-35)22(32-18-8-9-19-16(11-18)13-31-24(19)29)15-10-17(14-37-3)23(39-5)21(12-15)38-4;1-2(3)4/h6-12,22,32H,1,13-14,28H2,2-5H3,(H2,29,31)(H,33,34,36);1H3,(H,3,4)/b20-7+,30-26?;. The number of nitrogens with two attached hydrogens (primary N) is 2. The summed E-state index contributed by atoms with van der Waals surface area (Å²) in [5.74, 6) is 1.23. The number of carboxylic acid groups (broad SMARTS) is 1. The molecule has 1 aromatic heterocycles. The van der Waals surface area contributed by atoms with E-state index in [-0.39, 0.29) is 18.1 Å². The number of methoxy groups -OCH3 is 3. The van der Waals surface area contributed by atoms with Crippen molar-refractivity contribution in [2.45, 2.75) is 26.1 Å². The number of hydrogen-bond donors (Lipinski definition) is 5. The number of benzene rings is 2. The largest absolute Gasteiger partial charge is 0.493 e. The third-order valence-electron chi connectivity index (χ3n) is 6.20. The molecule has 0 saturated heterocycles. The number of ether oxygens (including phenoxy) is 3. The number of carbonyl (C=O) groups is 1. The first-order valence-corrected chi connectivity index (χ1v) is 13.0. The van der Waals surface area contributed by atoms with Crippen LogP contribution in [0.2, 0.25) is 0 Å². The maximum atomic E-state index is 13.1. The number of aromatic amines is 1. The highest BCUT2D eigenvalue weighted by atomic mass is 16.5. The van der Waals surface area contributed by atoms with Gasteiger partial charge in [-0.25, -0.2) is 4.79 Å². The molecule has 2 heterocycles. The fourth-order valence-corrected chi connectivity index (χ4v) is 4.45. The first-order valence-electron chi connectivity index (χ1n) is 13.0. The number of aliphatic imine (C=N–C) groups is 2. The first-order chi connectivity index (χ1) is 20.6. The van der Waals surface area contributed by atoms with Crippen LogP contribution in [0.3, 0.4) is 0 Å². The molecule has 0 fully saturated rings. The molecule has 4 rings (SSSR count). The Kier molecular flexibility index (Phi) is 10.8. The summed E-state index contributed by atoms with van der Waals surface area (Å²) in [5.41, 5.74) is 16.0. The van der Waals surface area contributed by atoms with E-state index in [4.69, 9.17) is 35.6 Å². The highest BCUT2D eigenvalue weighted by Gasteiger charge is 2.25. The Morgan fingerprint density at radius 3 is 2.60 bits per heavy atom. The number of aromatic nitrogens is 3. The molecule has 14 heteroatoms. The van der Waals surface area contributed by atoms with E-state index < -0.39 is 17.7 Å². The molecule has 0 aliphatic carbocycles. The van der Waals surface area contributed by atoms with Gasteiger partial charge < -0.3 is 36.1 Å². The number of amidine groups is 1. The zero-order valence-corrected chi connectivity index (χ0v) is 24.7. The second-order valence-corrected chi connectivity index (χ2v) is 9.15. The number of allylic oxidation sites excluding steroid dienone is 3. The number of rotatable bonds is 10. The van der Waals surface area contributed by atoms with Crippen LogP contribution in [0.5, 0.6) is 11.5 Å². The molecule has 1 aliphatic heterocycles. The van der Waals surface area contributed by atoms with E-state index in [0.29, 0.717) is 29.7 Å². The van der Waals surface area contributed by atoms with Crippen molar-refractivity contribution in [2.75, 3.05) is 33.7 Å². The van der Waals surface area contributed by atoms with E-state index >= 15 is 0 Å². The number of hydrogen-bond acceptors (Lipinski definition) is 11. The second-order valence-electron chi connectivity index (χ2n) is 9.15. The molecular formula is C29H36N8O6. The van der Waals surface area contributed by atoms with Gasteiger partial charge in [0.1, 0.15) is 11.9 Å². The number of nitrogens with one attached hydrogen (secondary N) is 2. The van der Waals surface area contributed by atoms with Gasteiger partial charge in [-0.3, -0.25) is 19.8 Å². The predicted molar refractivity (Wildman–Crippen MR) is 164 cm³/mol. The summed E-state index contributed by atoms with van der Waals surface area (Å²) in [6, 6.07) is 8.89. The van der Waals surface area contributed by atoms with Gasteiger partial charge in [0, 0.05) is 37.9 Å². The van der Waals surface area contributed by atoms with Crippen molar-refractivity contribution in [1.82, 2.24) is 14.8 Å². The van der Waals surface area contributed by atoms with Gasteiger partial charge in [0.25, 0.3) is 5.97 Å². The summed E-state index contributed by atoms with van der Waals surface area (Å²) in [6.45, 7) is 5.50. The van der Waals surface area contributed by atoms with Crippen LogP contribution in [0.1, 0.15) is 41.0 Å². The third kappa shape index (κ3) is 7.48. The molecule has 0 radical (unpaired) electrons. The predicted octanol–water partition coefficient (Wildman–Crippen LogP) is 2.15. The number of aliphatic carboxylic acids is 1. The van der Waals surface area contributed by atoms with Crippen LogP contribution in [0, 0.1) is 0 Å². The van der Waals surface area contributed by atoms with E-state index in [1.54, 1.807) is 27.4 Å². The summed E-state index contributed by atoms with van der Waals surface area (Å²) in [4.78, 5) is 33.4. The quantitative estimate of drug-likeness (QED) is 0.132. The lowest BCUT2D eigenvalue weighted by Crippen LogP contribution is -2.30. The molecule has 1 atom stereocenters. The highest BCUT2D eigenvalue weighted by Crippen LogP contribution is 2.37. The molecule has 228 valence electrons. The van der Waals surface area contributed by atoms with Gasteiger partial charge >= 0.3 is 5.69 Å². The Balaban J connectivity index is 0.00000119. The van der Waals surface area contributed by atoms with Crippen LogP contribution in [0.15, 0.2) is 69.5 Å². The van der Waals surface area contributed by atoms with E-state index in [0.717, 1.165) is 39.5 Å². The molecule has 43 heavy (non-hydrogen) atoms. The van der Waals surface area contributed by atoms with Gasteiger partial charge in [0.2, 0.25) is 0 Å². The van der Waals surface area contributed by atoms with Crippen LogP contribution in [0.25, 0.3) is 0 Å². The molecule has 2 aromatic carbocycles. The number of carboxylic acids is 1. The molecular weight excluding hydrogens is 556 g/mol. The minimum atomic E-state index is -0.833. The Hall–Kier alpha value is -5.37. The monoisotopic (exact) mass is 592 g/mol. The number of anilines is 1. The molecule has 0 spiro atoms. The summed E-state index contributed by atoms with van der Waals surface area (Å²) in [7, 11) is 6.25. The summed E-state index contributed by atoms with van der Waals surface area (Å²) >= 11 is 0. The van der Waals surface area contributed by atoms with Gasteiger partial charge in [0.05, 0.1) is 33.1 Å². The van der Waals surface area contributed by atoms with Crippen LogP contribution in [0.4, 0.5) is 5.69 Å². The van der Waals surface area contributed by atoms with Crippen LogP contribution < -0.4 is 31.9 Å². The molecule has 1 unspecified atom stereocenters. The van der Waals surface area contributed by atoms with Crippen molar-refractivity contribution in [3.05, 3.63) is 93.3 Å². The molecule has 0 amide bonds. The highest BCUT2D eigenvalue weighted by molar-refractivity contribution is 6.01. The summed E-state index contributed by atoms with van der Waals surface area (Å²) in [6.07, 6.45) is 3.05. The minimum Gasteiger partial charge on any atom is -0.493 e. The normalized spacial score (nSPS) is 13.3. The Labute approximate surface area is 248 Å². The SMILES string of the molecule is C=C/C=C(/N)C(=NC)n1nc(C(Nc2ccc3c(c2)CN=C3N)c2cc(COC)c(OC)c(OC)c2)[nH]c1=O.CC(=O)O. The molecule has 0 bridgehead atoms. The van der Waals surface area contributed by atoms with E-state index in [2.05, 4.69) is 32.0 Å². The van der Waals surface area contributed by atoms with Crippen LogP contribution in [-0.2, 0) is 22.7 Å². The molecule has 1 aliphatic rings. The average Bonchev–Trinajstić information content (AvgIpc) is 3.53. The lowest BCUT2D eigenvalue weighted by atomic mass is 10.0. The van der Waals surface area contributed by atoms with Crippen molar-refractivity contribution in [3.8, 4) is 11.5 Å². The molecule has 0 saturated carbocycles. The lowest BCUT2D eigenvalue weighted by Gasteiger charge is -2.22. The van der Waals surface area contributed by atoms with Crippen molar-refractivity contribution >= 4 is 23.3 Å². The van der Waals surface area contributed by atoms with Crippen molar-refractivity contribution in [2.24, 2.45) is 21.5 Å². The van der Waals surface area contributed by atoms with Crippen LogP contribution in [-0.4, -0.2) is 65.9 Å². The van der Waals surface area contributed by atoms with Gasteiger partial charge in [-0.2, -0.15) is 4.68 Å². The van der Waals surface area contributed by atoms with E-state index in [1.807, 2.05) is 30.3 Å². The van der Waals surface area contributed by atoms with E-state index in [1.165, 1.54) is 13.1 Å². The topological polar surface area (TPSA) is 204 Å². The fraction of sp³-hybridized carbons (Fsp3) is 0.276. The number of fused-ring (bicyclic) bond motifs is 1. The Morgan fingerprint density at radius 1 is 1.28 bits per heavy atom. The molecule has 14 nitrogen and oxygen atoms in total. The molecule has 7 N–H and O–H groups in total. The zero-order valence-electron chi connectivity index (χ0n) is 24.7. The molecule has 3 aromatic rings. The van der Waals surface area contributed by atoms with Crippen LogP contribution >= 0.6 is 0 Å². The maximum absolute atomic E-state index is 13.1. The first kappa shape index (κ1) is 32.1. The number of nitrogens with zero attached hydrogens (tertiary/aromatic N) is 4. The Bertz CT molecular complexity index is 1630. The van der Waals surface area contributed by atoms with Gasteiger partial charge in [-0.15, -0.1) is 5.10 Å². The van der Waals surface area contributed by atoms with Gasteiger partial charge in [-0.05, 0) is 47.5 Å². The lowest BCUT2D eigenvalue weighted by molar-refractivity contribution is -0.134. The fourth-order valence-electron chi connectivity index (χ4n) is 4.45. The number of H-pyrrole nitrogens is 1. The van der Waals surface area contributed by atoms with Crippen molar-refractivity contribution < 1.29 is 24.1 Å². The Morgan fingerprint density at radius 2 is 2.00 bits per heavy atom. The average molecular weight is 593 g/mol. The third-order valence-corrected chi connectivity index (χ3v) is 6.20. The van der Waals surface area contributed by atoms with E-state index in [9.17, 15) is 4.79 Å². The van der Waals surface area contributed by atoms with Gasteiger partial charge in [0.15, 0.2) is 23.2 Å². The van der Waals surface area contributed by atoms with Crippen molar-refractivity contribution in [1.29, 1.82) is 0 Å².